The van der Waals surface area contributed by atoms with E-state index in [1.165, 1.54) is 0 Å². The third kappa shape index (κ3) is 5.49. The molecule has 0 aromatic carbocycles. The summed E-state index contributed by atoms with van der Waals surface area (Å²) in [5.41, 5.74) is -0.381. The lowest BCUT2D eigenvalue weighted by Gasteiger charge is -2.27. The Hall–Kier alpha value is -1.10. The van der Waals surface area contributed by atoms with E-state index in [0.717, 1.165) is 32.1 Å². The Bertz CT molecular complexity index is 335. The van der Waals surface area contributed by atoms with Crippen LogP contribution in [0.5, 0.6) is 0 Å². The highest BCUT2D eigenvalue weighted by Crippen LogP contribution is 2.44. The Kier molecular flexibility index (Phi) is 6.46. The second-order valence-corrected chi connectivity index (χ2v) is 6.53. The van der Waals surface area contributed by atoms with Gasteiger partial charge in [0, 0.05) is 6.42 Å². The minimum absolute atomic E-state index is 0.0639. The molecule has 1 atom stereocenters. The van der Waals surface area contributed by atoms with Crippen LogP contribution in [0.4, 0.5) is 0 Å². The predicted molar refractivity (Wildman–Crippen MR) is 76.2 cm³/mol. The number of aliphatic hydroxyl groups is 1. The summed E-state index contributed by atoms with van der Waals surface area (Å²) < 4.78 is 0. The number of carbonyl (C=O) groups excluding carboxylic acids is 1. The number of amides is 1. The molecule has 1 unspecified atom stereocenters. The molecule has 0 aromatic rings. The quantitative estimate of drug-likeness (QED) is 0.636. The number of carboxylic acids is 1. The number of carboxylic acid groups (broad SMARTS) is 1. The topological polar surface area (TPSA) is 86.6 Å². The molecule has 0 saturated heterocycles. The van der Waals surface area contributed by atoms with Crippen LogP contribution in [0, 0.1) is 11.3 Å². The van der Waals surface area contributed by atoms with E-state index < -0.39 is 5.97 Å². The second kappa shape index (κ2) is 7.62. The van der Waals surface area contributed by atoms with Gasteiger partial charge in [-0.1, -0.05) is 26.7 Å². The molecule has 1 rings (SSSR count). The zero-order valence-electron chi connectivity index (χ0n) is 12.5. The summed E-state index contributed by atoms with van der Waals surface area (Å²) in [4.78, 5) is 23.1. The Morgan fingerprint density at radius 1 is 1.20 bits per heavy atom. The van der Waals surface area contributed by atoms with Gasteiger partial charge in [-0.2, -0.15) is 0 Å². The highest BCUT2D eigenvalue weighted by molar-refractivity contribution is 5.78. The molecule has 1 aliphatic rings. The van der Waals surface area contributed by atoms with Crippen molar-refractivity contribution in [3.8, 4) is 0 Å². The zero-order chi connectivity index (χ0) is 15.2. The SMILES string of the molecule is CC(C)CC(CO)NC(=O)CC1(CC(=O)O)CCCC1. The molecule has 116 valence electrons. The summed E-state index contributed by atoms with van der Waals surface area (Å²) in [5, 5.41) is 21.2. The fraction of sp³-hybridized carbons (Fsp3) is 0.867. The Balaban J connectivity index is 2.55. The van der Waals surface area contributed by atoms with E-state index >= 15 is 0 Å². The summed E-state index contributed by atoms with van der Waals surface area (Å²) in [7, 11) is 0. The van der Waals surface area contributed by atoms with E-state index in [-0.39, 0.29) is 36.8 Å². The normalized spacial score (nSPS) is 19.0. The van der Waals surface area contributed by atoms with Gasteiger partial charge in [-0.3, -0.25) is 9.59 Å². The molecule has 1 amide bonds. The molecule has 1 saturated carbocycles. The first-order valence-electron chi connectivity index (χ1n) is 7.49. The van der Waals surface area contributed by atoms with Crippen LogP contribution in [0.2, 0.25) is 0 Å². The van der Waals surface area contributed by atoms with Crippen LogP contribution in [0.3, 0.4) is 0 Å². The fourth-order valence-corrected chi connectivity index (χ4v) is 3.23. The van der Waals surface area contributed by atoms with E-state index in [1.54, 1.807) is 0 Å². The molecule has 20 heavy (non-hydrogen) atoms. The van der Waals surface area contributed by atoms with Crippen molar-refractivity contribution in [2.75, 3.05) is 6.61 Å². The summed E-state index contributed by atoms with van der Waals surface area (Å²) in [6, 6.07) is -0.231. The van der Waals surface area contributed by atoms with Gasteiger partial charge in [0.25, 0.3) is 0 Å². The van der Waals surface area contributed by atoms with E-state index in [1.807, 2.05) is 13.8 Å². The van der Waals surface area contributed by atoms with Crippen molar-refractivity contribution in [3.05, 3.63) is 0 Å². The third-order valence-electron chi connectivity index (χ3n) is 4.07. The average Bonchev–Trinajstić information content (AvgIpc) is 2.74. The predicted octanol–water partition coefficient (Wildman–Crippen LogP) is 1.93. The van der Waals surface area contributed by atoms with Crippen molar-refractivity contribution in [2.45, 2.75) is 64.8 Å². The van der Waals surface area contributed by atoms with Gasteiger partial charge in [0.05, 0.1) is 19.1 Å². The van der Waals surface area contributed by atoms with Crippen LogP contribution < -0.4 is 5.32 Å². The average molecular weight is 285 g/mol. The van der Waals surface area contributed by atoms with Crippen LogP contribution in [-0.4, -0.2) is 34.7 Å². The fourth-order valence-electron chi connectivity index (χ4n) is 3.23. The highest BCUT2D eigenvalue weighted by Gasteiger charge is 2.38. The smallest absolute Gasteiger partial charge is 0.303 e. The van der Waals surface area contributed by atoms with E-state index in [9.17, 15) is 14.7 Å². The highest BCUT2D eigenvalue weighted by atomic mass is 16.4. The molecule has 0 spiro atoms. The number of nitrogens with one attached hydrogen (secondary N) is 1. The van der Waals surface area contributed by atoms with Crippen LogP contribution in [0.1, 0.15) is 58.8 Å². The van der Waals surface area contributed by atoms with Crippen LogP contribution in [0.15, 0.2) is 0 Å². The minimum atomic E-state index is -0.833. The molecule has 0 radical (unpaired) electrons. The van der Waals surface area contributed by atoms with Gasteiger partial charge in [-0.05, 0) is 30.6 Å². The Labute approximate surface area is 120 Å². The van der Waals surface area contributed by atoms with Crippen LogP contribution in [0.25, 0.3) is 0 Å². The van der Waals surface area contributed by atoms with Crippen molar-refractivity contribution >= 4 is 11.9 Å². The van der Waals surface area contributed by atoms with Gasteiger partial charge in [-0.25, -0.2) is 0 Å². The Morgan fingerprint density at radius 3 is 2.25 bits per heavy atom. The van der Waals surface area contributed by atoms with E-state index in [2.05, 4.69) is 5.32 Å². The monoisotopic (exact) mass is 285 g/mol. The van der Waals surface area contributed by atoms with Crippen molar-refractivity contribution < 1.29 is 19.8 Å². The summed E-state index contributed by atoms with van der Waals surface area (Å²) in [6.07, 6.45) is 4.66. The first kappa shape index (κ1) is 17.0. The molecular weight excluding hydrogens is 258 g/mol. The number of aliphatic hydroxyl groups excluding tert-OH is 1. The lowest BCUT2D eigenvalue weighted by molar-refractivity contribution is -0.140. The molecule has 1 fully saturated rings. The molecular formula is C15H27NO4. The number of aliphatic carboxylic acids is 1. The first-order valence-corrected chi connectivity index (χ1v) is 7.49. The maximum atomic E-state index is 12.1. The van der Waals surface area contributed by atoms with Crippen LogP contribution in [-0.2, 0) is 9.59 Å². The maximum Gasteiger partial charge on any atom is 0.303 e. The lowest BCUT2D eigenvalue weighted by atomic mass is 9.79. The minimum Gasteiger partial charge on any atom is -0.481 e. The number of rotatable bonds is 8. The first-order chi connectivity index (χ1) is 9.37. The Morgan fingerprint density at radius 2 is 1.80 bits per heavy atom. The number of hydrogen-bond donors (Lipinski definition) is 3. The van der Waals surface area contributed by atoms with Crippen molar-refractivity contribution in [3.63, 3.8) is 0 Å². The van der Waals surface area contributed by atoms with Gasteiger partial charge in [-0.15, -0.1) is 0 Å². The summed E-state index contributed by atoms with van der Waals surface area (Å²) in [5.74, 6) is -0.569. The second-order valence-electron chi connectivity index (χ2n) is 6.53. The number of hydrogen-bond acceptors (Lipinski definition) is 3. The maximum absolute atomic E-state index is 12.1. The lowest BCUT2D eigenvalue weighted by Crippen LogP contribution is -2.41. The number of carbonyl (C=O) groups is 2. The van der Waals surface area contributed by atoms with Crippen molar-refractivity contribution in [2.24, 2.45) is 11.3 Å². The van der Waals surface area contributed by atoms with E-state index in [0.29, 0.717) is 5.92 Å². The third-order valence-corrected chi connectivity index (χ3v) is 4.07. The summed E-state index contributed by atoms with van der Waals surface area (Å²) in [6.45, 7) is 4.01. The van der Waals surface area contributed by atoms with Crippen LogP contribution >= 0.6 is 0 Å². The van der Waals surface area contributed by atoms with Crippen molar-refractivity contribution in [1.82, 2.24) is 5.32 Å². The molecule has 0 aromatic heterocycles. The molecule has 5 heteroatoms. The van der Waals surface area contributed by atoms with Gasteiger partial charge < -0.3 is 15.5 Å². The van der Waals surface area contributed by atoms with E-state index in [4.69, 9.17) is 5.11 Å². The molecule has 0 aliphatic heterocycles. The zero-order valence-corrected chi connectivity index (χ0v) is 12.5. The van der Waals surface area contributed by atoms with Crippen molar-refractivity contribution in [1.29, 1.82) is 0 Å². The van der Waals surface area contributed by atoms with Gasteiger partial charge >= 0.3 is 5.97 Å². The standard InChI is InChI=1S/C15H27NO4/c1-11(2)7-12(10-17)16-13(18)8-15(9-14(19)20)5-3-4-6-15/h11-12,17H,3-10H2,1-2H3,(H,16,18)(H,19,20). The largest absolute Gasteiger partial charge is 0.481 e. The molecule has 5 nitrogen and oxygen atoms in total. The molecule has 3 N–H and O–H groups in total. The van der Waals surface area contributed by atoms with Gasteiger partial charge in [0.2, 0.25) is 5.91 Å². The van der Waals surface area contributed by atoms with Gasteiger partial charge in [0.1, 0.15) is 0 Å². The molecule has 0 heterocycles. The molecule has 1 aliphatic carbocycles. The summed E-state index contributed by atoms with van der Waals surface area (Å²) >= 11 is 0. The van der Waals surface area contributed by atoms with Gasteiger partial charge in [0.15, 0.2) is 0 Å². The molecule has 0 bridgehead atoms.